The number of H-pyrrole nitrogens is 1. The summed E-state index contributed by atoms with van der Waals surface area (Å²) in [5.74, 6) is -0.489. The Balaban J connectivity index is 1.49. The predicted octanol–water partition coefficient (Wildman–Crippen LogP) is 4.76. The second-order valence-corrected chi connectivity index (χ2v) is 7.95. The van der Waals surface area contributed by atoms with E-state index in [4.69, 9.17) is 11.6 Å². The second-order valence-electron chi connectivity index (χ2n) is 7.51. The van der Waals surface area contributed by atoms with Crippen molar-refractivity contribution in [1.29, 1.82) is 0 Å². The third-order valence-electron chi connectivity index (χ3n) is 5.43. The molecular formula is C22H21ClFN5O. The molecule has 0 bridgehead atoms. The highest BCUT2D eigenvalue weighted by Gasteiger charge is 2.42. The fraction of sp³-hybridized carbons (Fsp3) is 0.273. The number of allylic oxidation sites excluding steroid dienone is 1. The van der Waals surface area contributed by atoms with Crippen molar-refractivity contribution in [3.8, 4) is 0 Å². The van der Waals surface area contributed by atoms with Crippen molar-refractivity contribution in [1.82, 2.24) is 15.3 Å². The standard InChI is InChI=1S/C22H21ClFN5O/c1-13-19(9-15-11-26-20-18(15)10-16(23)12-27-20)22(2,29-28-13)21(30)25-8-7-14-3-5-17(24)6-4-14/h3-6,10-12H,7-9H2,1-2H3,(H,25,30)(H,26,27). The molecule has 1 aromatic carbocycles. The highest BCUT2D eigenvalue weighted by atomic mass is 35.5. The van der Waals surface area contributed by atoms with Crippen LogP contribution in [0.4, 0.5) is 4.39 Å². The van der Waals surface area contributed by atoms with Crippen molar-refractivity contribution < 1.29 is 9.18 Å². The third kappa shape index (κ3) is 3.85. The molecule has 6 nitrogen and oxygen atoms in total. The number of amides is 1. The van der Waals surface area contributed by atoms with Crippen LogP contribution in [0.5, 0.6) is 0 Å². The minimum atomic E-state index is -1.08. The molecule has 154 valence electrons. The SMILES string of the molecule is CC1=C(Cc2c[nH]c3ncc(Cl)cc23)C(C)(C(=O)NCCc2ccc(F)cc2)N=N1. The summed E-state index contributed by atoms with van der Waals surface area (Å²) in [5.41, 5.74) is 3.16. The molecule has 2 N–H and O–H groups in total. The van der Waals surface area contributed by atoms with Crippen LogP contribution < -0.4 is 5.32 Å². The number of aromatic amines is 1. The number of hydrogen-bond donors (Lipinski definition) is 2. The maximum atomic E-state index is 13.0. The minimum absolute atomic E-state index is 0.212. The Morgan fingerprint density at radius 2 is 2.07 bits per heavy atom. The zero-order valence-electron chi connectivity index (χ0n) is 16.7. The van der Waals surface area contributed by atoms with E-state index in [1.807, 2.05) is 19.2 Å². The number of rotatable bonds is 6. The smallest absolute Gasteiger partial charge is 0.253 e. The number of nitrogens with zero attached hydrogens (tertiary/aromatic N) is 3. The number of carbonyl (C=O) groups is 1. The van der Waals surface area contributed by atoms with Crippen molar-refractivity contribution in [2.45, 2.75) is 32.2 Å². The first-order valence-electron chi connectivity index (χ1n) is 9.64. The van der Waals surface area contributed by atoms with E-state index in [-0.39, 0.29) is 11.7 Å². The number of benzene rings is 1. The van der Waals surface area contributed by atoms with Gasteiger partial charge in [0.15, 0.2) is 5.54 Å². The van der Waals surface area contributed by atoms with E-state index in [9.17, 15) is 9.18 Å². The van der Waals surface area contributed by atoms with E-state index in [0.29, 0.717) is 24.4 Å². The summed E-state index contributed by atoms with van der Waals surface area (Å²) in [4.78, 5) is 20.4. The highest BCUT2D eigenvalue weighted by molar-refractivity contribution is 6.31. The van der Waals surface area contributed by atoms with E-state index >= 15 is 0 Å². The largest absolute Gasteiger partial charge is 0.353 e. The lowest BCUT2D eigenvalue weighted by Gasteiger charge is -2.23. The second kappa shape index (κ2) is 7.99. The molecule has 8 heteroatoms. The van der Waals surface area contributed by atoms with Crippen LogP contribution in [0.15, 0.2) is 64.2 Å². The average molecular weight is 426 g/mol. The van der Waals surface area contributed by atoms with Gasteiger partial charge in [-0.25, -0.2) is 9.37 Å². The quantitative estimate of drug-likeness (QED) is 0.597. The average Bonchev–Trinajstić information content (AvgIpc) is 3.26. The van der Waals surface area contributed by atoms with Gasteiger partial charge in [-0.1, -0.05) is 23.7 Å². The van der Waals surface area contributed by atoms with Crippen LogP contribution in [0.3, 0.4) is 0 Å². The van der Waals surface area contributed by atoms with Gasteiger partial charge in [-0.05, 0) is 55.2 Å². The molecule has 1 aliphatic rings. The molecule has 1 aliphatic heterocycles. The summed E-state index contributed by atoms with van der Waals surface area (Å²) in [6, 6.07) is 8.11. The molecule has 1 amide bonds. The number of hydrogen-bond acceptors (Lipinski definition) is 4. The molecule has 1 unspecified atom stereocenters. The Morgan fingerprint density at radius 3 is 2.83 bits per heavy atom. The first kappa shape index (κ1) is 20.2. The van der Waals surface area contributed by atoms with E-state index in [0.717, 1.165) is 33.4 Å². The van der Waals surface area contributed by atoms with Gasteiger partial charge in [0.2, 0.25) is 0 Å². The fourth-order valence-electron chi connectivity index (χ4n) is 3.64. The van der Waals surface area contributed by atoms with Crippen LogP contribution in [-0.4, -0.2) is 28.0 Å². The number of fused-ring (bicyclic) bond motifs is 1. The molecule has 0 aliphatic carbocycles. The van der Waals surface area contributed by atoms with Crippen LogP contribution in [0.1, 0.15) is 25.0 Å². The van der Waals surface area contributed by atoms with Crippen LogP contribution in [0.2, 0.25) is 5.02 Å². The lowest BCUT2D eigenvalue weighted by atomic mass is 9.86. The minimum Gasteiger partial charge on any atom is -0.353 e. The summed E-state index contributed by atoms with van der Waals surface area (Å²) < 4.78 is 13.0. The first-order chi connectivity index (χ1) is 14.4. The van der Waals surface area contributed by atoms with Crippen LogP contribution in [0.25, 0.3) is 11.0 Å². The van der Waals surface area contributed by atoms with Crippen LogP contribution in [0, 0.1) is 5.82 Å². The van der Waals surface area contributed by atoms with Gasteiger partial charge in [-0.3, -0.25) is 4.79 Å². The van der Waals surface area contributed by atoms with Crippen molar-refractivity contribution in [2.75, 3.05) is 6.54 Å². The Hall–Kier alpha value is -3.06. The molecule has 1 atom stereocenters. The van der Waals surface area contributed by atoms with Crippen LogP contribution >= 0.6 is 11.6 Å². The molecule has 3 aromatic rings. The van der Waals surface area contributed by atoms with Gasteiger partial charge in [0, 0.05) is 30.7 Å². The molecule has 4 rings (SSSR count). The fourth-order valence-corrected chi connectivity index (χ4v) is 3.80. The lowest BCUT2D eigenvalue weighted by molar-refractivity contribution is -0.124. The molecule has 3 heterocycles. The normalized spacial score (nSPS) is 18.4. The van der Waals surface area contributed by atoms with Crippen molar-refractivity contribution in [2.24, 2.45) is 10.2 Å². The zero-order valence-corrected chi connectivity index (χ0v) is 17.4. The molecule has 0 saturated carbocycles. The van der Waals surface area contributed by atoms with E-state index in [2.05, 4.69) is 25.5 Å². The topological polar surface area (TPSA) is 82.5 Å². The molecule has 30 heavy (non-hydrogen) atoms. The van der Waals surface area contributed by atoms with Gasteiger partial charge in [-0.15, -0.1) is 0 Å². The Labute approximate surface area is 178 Å². The molecule has 0 saturated heterocycles. The summed E-state index contributed by atoms with van der Waals surface area (Å²) in [7, 11) is 0. The number of pyridine rings is 1. The summed E-state index contributed by atoms with van der Waals surface area (Å²) in [5, 5.41) is 12.9. The Bertz CT molecular complexity index is 1170. The zero-order chi connectivity index (χ0) is 21.3. The van der Waals surface area contributed by atoms with Gasteiger partial charge in [0.25, 0.3) is 5.91 Å². The van der Waals surface area contributed by atoms with Gasteiger partial charge >= 0.3 is 0 Å². The number of carbonyl (C=O) groups excluding carboxylic acids is 1. The van der Waals surface area contributed by atoms with E-state index in [1.54, 1.807) is 25.3 Å². The molecular weight excluding hydrogens is 405 g/mol. The number of azo groups is 1. The van der Waals surface area contributed by atoms with Crippen molar-refractivity contribution in [3.63, 3.8) is 0 Å². The summed E-state index contributed by atoms with van der Waals surface area (Å²) >= 11 is 6.11. The first-order valence-corrected chi connectivity index (χ1v) is 10.0. The number of halogens is 2. The lowest BCUT2D eigenvalue weighted by Crippen LogP contribution is -2.44. The van der Waals surface area contributed by atoms with Gasteiger partial charge in [0.05, 0.1) is 10.7 Å². The van der Waals surface area contributed by atoms with Crippen molar-refractivity contribution >= 4 is 28.5 Å². The maximum Gasteiger partial charge on any atom is 0.253 e. The summed E-state index contributed by atoms with van der Waals surface area (Å²) in [6.45, 7) is 4.06. The Kier molecular flexibility index (Phi) is 5.39. The predicted molar refractivity (Wildman–Crippen MR) is 114 cm³/mol. The molecule has 2 aromatic heterocycles. The molecule has 0 radical (unpaired) electrons. The maximum absolute atomic E-state index is 13.0. The highest BCUT2D eigenvalue weighted by Crippen LogP contribution is 2.36. The molecule has 0 fully saturated rings. The van der Waals surface area contributed by atoms with E-state index < -0.39 is 5.54 Å². The third-order valence-corrected chi connectivity index (χ3v) is 5.64. The van der Waals surface area contributed by atoms with Gasteiger partial charge in [0.1, 0.15) is 11.5 Å². The van der Waals surface area contributed by atoms with Crippen molar-refractivity contribution in [3.05, 3.63) is 76.0 Å². The number of nitrogens with one attached hydrogen (secondary N) is 2. The number of aromatic nitrogens is 2. The summed E-state index contributed by atoms with van der Waals surface area (Å²) in [6.07, 6.45) is 4.57. The van der Waals surface area contributed by atoms with Gasteiger partial charge in [-0.2, -0.15) is 10.2 Å². The van der Waals surface area contributed by atoms with Crippen LogP contribution in [-0.2, 0) is 17.6 Å². The van der Waals surface area contributed by atoms with Gasteiger partial charge < -0.3 is 10.3 Å². The monoisotopic (exact) mass is 425 g/mol. The molecule has 0 spiro atoms. The Morgan fingerprint density at radius 1 is 1.30 bits per heavy atom. The van der Waals surface area contributed by atoms with E-state index in [1.165, 1.54) is 12.1 Å².